The first-order valence-corrected chi connectivity index (χ1v) is 12.9. The second kappa shape index (κ2) is 10.5. The van der Waals surface area contributed by atoms with Crippen LogP contribution in [0.25, 0.3) is 0 Å². The van der Waals surface area contributed by atoms with E-state index in [2.05, 4.69) is 48.3 Å². The minimum atomic E-state index is -0.994. The van der Waals surface area contributed by atoms with Crippen LogP contribution in [-0.4, -0.2) is 60.8 Å². The quantitative estimate of drug-likeness (QED) is 0.575. The van der Waals surface area contributed by atoms with Gasteiger partial charge in [0.15, 0.2) is 0 Å². The van der Waals surface area contributed by atoms with Gasteiger partial charge in [0.1, 0.15) is 6.04 Å². The van der Waals surface area contributed by atoms with Gasteiger partial charge in [-0.3, -0.25) is 4.79 Å². The third kappa shape index (κ3) is 5.51. The normalized spacial score (nSPS) is 19.8. The molecule has 7 nitrogen and oxygen atoms in total. The number of carbonyl (C=O) groups excluding carboxylic acids is 1. The van der Waals surface area contributed by atoms with Crippen LogP contribution in [-0.2, 0) is 16.0 Å². The number of nitrogens with one attached hydrogen (secondary N) is 1. The van der Waals surface area contributed by atoms with E-state index in [1.165, 1.54) is 16.2 Å². The number of carboxylic acid groups (broad SMARTS) is 1. The number of carbonyl (C=O) groups is 2. The van der Waals surface area contributed by atoms with Crippen molar-refractivity contribution in [2.24, 2.45) is 11.3 Å². The molecule has 0 aliphatic carbocycles. The third-order valence-electron chi connectivity index (χ3n) is 7.31. The third-order valence-corrected chi connectivity index (χ3v) is 7.31. The largest absolute Gasteiger partial charge is 0.480 e. The summed E-state index contributed by atoms with van der Waals surface area (Å²) in [5.74, 6) is -1.06. The number of ether oxygens (including phenoxy) is 1. The van der Waals surface area contributed by atoms with E-state index in [1.54, 1.807) is 6.92 Å². The van der Waals surface area contributed by atoms with E-state index in [-0.39, 0.29) is 23.3 Å². The molecule has 0 radical (unpaired) electrons. The minimum absolute atomic E-state index is 0.0930. The number of fused-ring (bicyclic) bond motifs is 1. The molecule has 2 atom stereocenters. The molecule has 2 aliphatic rings. The zero-order chi connectivity index (χ0) is 26.0. The number of hydrogen-bond acceptors (Lipinski definition) is 5. The van der Waals surface area contributed by atoms with Crippen molar-refractivity contribution in [2.75, 3.05) is 43.1 Å². The molecular formula is C29H39N3O4. The lowest BCUT2D eigenvalue weighted by molar-refractivity contribution is -0.141. The molecule has 1 amide bonds. The predicted octanol–water partition coefficient (Wildman–Crippen LogP) is 4.83. The van der Waals surface area contributed by atoms with Crippen molar-refractivity contribution in [3.63, 3.8) is 0 Å². The summed E-state index contributed by atoms with van der Waals surface area (Å²) >= 11 is 0. The monoisotopic (exact) mass is 493 g/mol. The van der Waals surface area contributed by atoms with Gasteiger partial charge in [-0.05, 0) is 66.1 Å². The second-order valence-electron chi connectivity index (χ2n) is 11.2. The molecule has 0 saturated carbocycles. The van der Waals surface area contributed by atoms with Crippen molar-refractivity contribution < 1.29 is 19.4 Å². The zero-order valence-electron chi connectivity index (χ0n) is 22.1. The summed E-state index contributed by atoms with van der Waals surface area (Å²) in [6.07, 6.45) is 0.807. The van der Waals surface area contributed by atoms with Gasteiger partial charge in [0.05, 0.1) is 19.3 Å². The maximum absolute atomic E-state index is 13.4. The molecule has 7 heteroatoms. The van der Waals surface area contributed by atoms with E-state index in [9.17, 15) is 14.7 Å². The zero-order valence-corrected chi connectivity index (χ0v) is 22.1. The Hall–Kier alpha value is -3.06. The highest BCUT2D eigenvalue weighted by Crippen LogP contribution is 2.45. The number of benzene rings is 2. The molecule has 2 aliphatic heterocycles. The highest BCUT2D eigenvalue weighted by Gasteiger charge is 2.37. The molecule has 1 saturated heterocycles. The van der Waals surface area contributed by atoms with Gasteiger partial charge in [0, 0.05) is 36.6 Å². The van der Waals surface area contributed by atoms with Gasteiger partial charge >= 0.3 is 5.97 Å². The highest BCUT2D eigenvalue weighted by molar-refractivity contribution is 5.97. The van der Waals surface area contributed by atoms with Crippen molar-refractivity contribution in [3.05, 3.63) is 59.2 Å². The van der Waals surface area contributed by atoms with Crippen LogP contribution < -0.4 is 10.2 Å². The Labute approximate surface area is 214 Å². The second-order valence-corrected chi connectivity index (χ2v) is 11.2. The molecule has 36 heavy (non-hydrogen) atoms. The van der Waals surface area contributed by atoms with Crippen LogP contribution in [0.5, 0.6) is 0 Å². The van der Waals surface area contributed by atoms with Crippen LogP contribution in [0.4, 0.5) is 11.4 Å². The van der Waals surface area contributed by atoms with Gasteiger partial charge in [-0.15, -0.1) is 0 Å². The fourth-order valence-corrected chi connectivity index (χ4v) is 5.32. The molecule has 0 bridgehead atoms. The standard InChI is InChI=1S/C29H39N3O4/c1-19(2)18-32(20(3)28(34)35)27(33)22-9-10-25-23(15-22)17-29(4,5)26(30-25)21-7-6-8-24(16-21)31-11-13-36-14-12-31/h6-10,15-16,19-20,26,30H,11-14,17-18H2,1-5H3,(H,34,35). The fraction of sp³-hybridized carbons (Fsp3) is 0.517. The van der Waals surface area contributed by atoms with Crippen LogP contribution >= 0.6 is 0 Å². The topological polar surface area (TPSA) is 82.1 Å². The van der Waals surface area contributed by atoms with Gasteiger partial charge in [-0.1, -0.05) is 39.8 Å². The van der Waals surface area contributed by atoms with Crippen molar-refractivity contribution in [1.29, 1.82) is 0 Å². The first-order valence-electron chi connectivity index (χ1n) is 12.9. The van der Waals surface area contributed by atoms with E-state index in [4.69, 9.17) is 4.74 Å². The molecule has 2 unspecified atom stereocenters. The van der Waals surface area contributed by atoms with Gasteiger partial charge in [-0.2, -0.15) is 0 Å². The lowest BCUT2D eigenvalue weighted by atomic mass is 9.72. The molecule has 2 heterocycles. The minimum Gasteiger partial charge on any atom is -0.480 e. The molecule has 2 N–H and O–H groups in total. The number of carboxylic acids is 1. The maximum Gasteiger partial charge on any atom is 0.326 e. The molecule has 4 rings (SSSR count). The summed E-state index contributed by atoms with van der Waals surface area (Å²) in [4.78, 5) is 28.9. The summed E-state index contributed by atoms with van der Waals surface area (Å²) in [7, 11) is 0. The Morgan fingerprint density at radius 1 is 1.14 bits per heavy atom. The smallest absolute Gasteiger partial charge is 0.326 e. The maximum atomic E-state index is 13.4. The highest BCUT2D eigenvalue weighted by atomic mass is 16.5. The first-order chi connectivity index (χ1) is 17.1. The van der Waals surface area contributed by atoms with Crippen LogP contribution in [0.1, 0.15) is 62.1 Å². The SMILES string of the molecule is CC(C)CN(C(=O)c1ccc2c(c1)CC(C)(C)C(c1cccc(N3CCOCC3)c1)N2)C(C)C(=O)O. The Bertz CT molecular complexity index is 1110. The van der Waals surface area contributed by atoms with Gasteiger partial charge in [0.2, 0.25) is 0 Å². The number of rotatable bonds is 7. The Morgan fingerprint density at radius 2 is 1.86 bits per heavy atom. The van der Waals surface area contributed by atoms with Crippen LogP contribution in [0.15, 0.2) is 42.5 Å². The number of nitrogens with zero attached hydrogens (tertiary/aromatic N) is 2. The Balaban J connectivity index is 1.59. The molecule has 0 spiro atoms. The van der Waals surface area contributed by atoms with Gasteiger partial charge < -0.3 is 25.0 Å². The Morgan fingerprint density at radius 3 is 2.53 bits per heavy atom. The number of morpholine rings is 1. The summed E-state index contributed by atoms with van der Waals surface area (Å²) in [5.41, 5.74) is 5.01. The average Bonchev–Trinajstić information content (AvgIpc) is 2.85. The van der Waals surface area contributed by atoms with Crippen LogP contribution in [0, 0.1) is 11.3 Å². The molecule has 1 fully saturated rings. The molecule has 0 aromatic heterocycles. The predicted molar refractivity (Wildman–Crippen MR) is 143 cm³/mol. The van der Waals surface area contributed by atoms with Crippen LogP contribution in [0.3, 0.4) is 0 Å². The number of amides is 1. The van der Waals surface area contributed by atoms with Crippen molar-refractivity contribution in [2.45, 2.75) is 53.1 Å². The number of anilines is 2. The van der Waals surface area contributed by atoms with E-state index in [0.29, 0.717) is 12.1 Å². The van der Waals surface area contributed by atoms with Gasteiger partial charge in [0.25, 0.3) is 5.91 Å². The molecular weight excluding hydrogens is 454 g/mol. The van der Waals surface area contributed by atoms with Gasteiger partial charge in [-0.25, -0.2) is 4.79 Å². The Kier molecular flexibility index (Phi) is 7.59. The summed E-state index contributed by atoms with van der Waals surface area (Å²) < 4.78 is 5.51. The lowest BCUT2D eigenvalue weighted by Crippen LogP contribution is -2.45. The summed E-state index contributed by atoms with van der Waals surface area (Å²) in [6, 6.07) is 13.7. The number of aliphatic carboxylic acids is 1. The molecule has 2 aromatic carbocycles. The fourth-order valence-electron chi connectivity index (χ4n) is 5.32. The average molecular weight is 494 g/mol. The lowest BCUT2D eigenvalue weighted by Gasteiger charge is -2.42. The number of hydrogen-bond donors (Lipinski definition) is 2. The van der Waals surface area contributed by atoms with Crippen molar-refractivity contribution in [3.8, 4) is 0 Å². The van der Waals surface area contributed by atoms with Crippen molar-refractivity contribution >= 4 is 23.3 Å². The summed E-state index contributed by atoms with van der Waals surface area (Å²) in [6.45, 7) is 13.8. The van der Waals surface area contributed by atoms with Crippen molar-refractivity contribution in [1.82, 2.24) is 4.90 Å². The van der Waals surface area contributed by atoms with Crippen LogP contribution in [0.2, 0.25) is 0 Å². The molecule has 194 valence electrons. The van der Waals surface area contributed by atoms with E-state index < -0.39 is 12.0 Å². The van der Waals surface area contributed by atoms with E-state index in [1.807, 2.05) is 32.0 Å². The van der Waals surface area contributed by atoms with E-state index in [0.717, 1.165) is 44.0 Å². The first kappa shape index (κ1) is 26.0. The summed E-state index contributed by atoms with van der Waals surface area (Å²) in [5, 5.41) is 13.3. The molecule has 2 aromatic rings. The van der Waals surface area contributed by atoms with E-state index >= 15 is 0 Å².